The highest BCUT2D eigenvalue weighted by Gasteiger charge is 2.22. The summed E-state index contributed by atoms with van der Waals surface area (Å²) in [6, 6.07) is 15.3. The summed E-state index contributed by atoms with van der Waals surface area (Å²) in [5.74, 6) is 0.554. The van der Waals surface area contributed by atoms with Gasteiger partial charge in [0, 0.05) is 24.7 Å². The minimum absolute atomic E-state index is 0.182. The lowest BCUT2D eigenvalue weighted by molar-refractivity contribution is -0.123. The molecule has 8 nitrogen and oxygen atoms in total. The molecule has 0 aliphatic carbocycles. The molecule has 0 spiro atoms. The molecule has 0 bridgehead atoms. The third-order valence-corrected chi connectivity index (χ3v) is 5.01. The Balaban J connectivity index is 1.33. The van der Waals surface area contributed by atoms with Crippen molar-refractivity contribution < 1.29 is 23.7 Å². The first-order valence-electron chi connectivity index (χ1n) is 10.2. The highest BCUT2D eigenvalue weighted by atomic mass is 16.8. The lowest BCUT2D eigenvalue weighted by atomic mass is 10.1. The van der Waals surface area contributed by atoms with Crippen LogP contribution in [0.4, 0.5) is 5.69 Å². The van der Waals surface area contributed by atoms with Crippen molar-refractivity contribution in [2.24, 2.45) is 7.05 Å². The highest BCUT2D eigenvalue weighted by molar-refractivity contribution is 5.93. The van der Waals surface area contributed by atoms with Crippen LogP contribution in [0.5, 0.6) is 5.75 Å². The van der Waals surface area contributed by atoms with Gasteiger partial charge in [-0.15, -0.1) is 0 Å². The van der Waals surface area contributed by atoms with Gasteiger partial charge in [-0.3, -0.25) is 9.48 Å². The normalized spacial score (nSPS) is 14.8. The van der Waals surface area contributed by atoms with Crippen molar-refractivity contribution in [3.8, 4) is 17.0 Å². The number of ether oxygens (including phenoxy) is 4. The minimum Gasteiger partial charge on any atom is -0.496 e. The molecule has 4 rings (SSSR count). The standard InChI is InChI=1S/C24H25N3O5/c1-16-13-25-27(2)24(16)19-12-18(9-10-20(19)29-3)26-21(28)14-30-23-15-31-22(32-23)11-17-7-5-4-6-8-17/h4-10,12-13,15,22H,11,14H2,1-3H3,(H,26,28). The van der Waals surface area contributed by atoms with Crippen LogP contribution in [0, 0.1) is 6.92 Å². The molecule has 2 heterocycles. The maximum absolute atomic E-state index is 12.4. The number of aryl methyl sites for hydroxylation is 2. The number of benzene rings is 2. The number of nitrogens with zero attached hydrogens (tertiary/aromatic N) is 2. The fourth-order valence-corrected chi connectivity index (χ4v) is 3.52. The second kappa shape index (κ2) is 9.47. The minimum atomic E-state index is -0.471. The van der Waals surface area contributed by atoms with Gasteiger partial charge in [0.25, 0.3) is 5.91 Å². The molecule has 1 aliphatic rings. The van der Waals surface area contributed by atoms with Crippen LogP contribution < -0.4 is 10.1 Å². The summed E-state index contributed by atoms with van der Waals surface area (Å²) in [6.45, 7) is 1.77. The number of methoxy groups -OCH3 is 1. The van der Waals surface area contributed by atoms with E-state index in [-0.39, 0.29) is 18.5 Å². The van der Waals surface area contributed by atoms with E-state index in [2.05, 4.69) is 10.4 Å². The van der Waals surface area contributed by atoms with Gasteiger partial charge in [0.1, 0.15) is 5.75 Å². The number of rotatable bonds is 8. The molecule has 0 radical (unpaired) electrons. The summed E-state index contributed by atoms with van der Waals surface area (Å²) in [7, 11) is 3.47. The predicted octanol–water partition coefficient (Wildman–Crippen LogP) is 3.77. The fraction of sp³-hybridized carbons (Fsp3) is 0.250. The smallest absolute Gasteiger partial charge is 0.319 e. The van der Waals surface area contributed by atoms with Gasteiger partial charge < -0.3 is 24.3 Å². The topological polar surface area (TPSA) is 83.8 Å². The van der Waals surface area contributed by atoms with Crippen molar-refractivity contribution in [1.29, 1.82) is 0 Å². The van der Waals surface area contributed by atoms with Crippen molar-refractivity contribution in [2.75, 3.05) is 19.0 Å². The van der Waals surface area contributed by atoms with E-state index in [0.29, 0.717) is 17.9 Å². The maximum atomic E-state index is 12.4. The van der Waals surface area contributed by atoms with Crippen LogP contribution in [0.25, 0.3) is 11.3 Å². The van der Waals surface area contributed by atoms with Gasteiger partial charge in [0.05, 0.1) is 19.0 Å². The number of carbonyl (C=O) groups excluding carboxylic acids is 1. The molecule has 1 atom stereocenters. The van der Waals surface area contributed by atoms with Gasteiger partial charge in [0.15, 0.2) is 12.9 Å². The number of aromatic nitrogens is 2. The Bertz CT molecular complexity index is 1100. The van der Waals surface area contributed by atoms with Gasteiger partial charge in [-0.05, 0) is 36.2 Å². The number of hydrogen-bond acceptors (Lipinski definition) is 6. The van der Waals surface area contributed by atoms with Crippen molar-refractivity contribution in [3.63, 3.8) is 0 Å². The monoisotopic (exact) mass is 435 g/mol. The average Bonchev–Trinajstić information content (AvgIpc) is 3.38. The Hall–Kier alpha value is -3.94. The molecule has 8 heteroatoms. The second-order valence-electron chi connectivity index (χ2n) is 7.36. The first kappa shape index (κ1) is 21.3. The van der Waals surface area contributed by atoms with E-state index in [9.17, 15) is 4.79 Å². The van der Waals surface area contributed by atoms with Crippen LogP contribution in [0.3, 0.4) is 0 Å². The molecular formula is C24H25N3O5. The molecule has 0 fully saturated rings. The van der Waals surface area contributed by atoms with E-state index in [0.717, 1.165) is 22.4 Å². The molecule has 166 valence electrons. The van der Waals surface area contributed by atoms with Crippen molar-refractivity contribution in [2.45, 2.75) is 19.6 Å². The van der Waals surface area contributed by atoms with Crippen molar-refractivity contribution in [3.05, 3.63) is 78.1 Å². The second-order valence-corrected chi connectivity index (χ2v) is 7.36. The predicted molar refractivity (Wildman–Crippen MR) is 119 cm³/mol. The Morgan fingerprint density at radius 2 is 2.03 bits per heavy atom. The zero-order valence-electron chi connectivity index (χ0n) is 18.2. The third-order valence-electron chi connectivity index (χ3n) is 5.01. The molecule has 3 aromatic rings. The Morgan fingerprint density at radius 3 is 2.75 bits per heavy atom. The van der Waals surface area contributed by atoms with E-state index >= 15 is 0 Å². The lowest BCUT2D eigenvalue weighted by Gasteiger charge is -2.14. The average molecular weight is 435 g/mol. The zero-order chi connectivity index (χ0) is 22.5. The van der Waals surface area contributed by atoms with E-state index < -0.39 is 6.29 Å². The van der Waals surface area contributed by atoms with Crippen molar-refractivity contribution in [1.82, 2.24) is 9.78 Å². The molecule has 2 aromatic carbocycles. The summed E-state index contributed by atoms with van der Waals surface area (Å²) in [5, 5.41) is 7.12. The van der Waals surface area contributed by atoms with E-state index in [4.69, 9.17) is 18.9 Å². The molecule has 1 aliphatic heterocycles. The lowest BCUT2D eigenvalue weighted by Crippen LogP contribution is -2.19. The molecule has 1 amide bonds. The van der Waals surface area contributed by atoms with Gasteiger partial charge in [-0.25, -0.2) is 0 Å². The van der Waals surface area contributed by atoms with Crippen molar-refractivity contribution >= 4 is 11.6 Å². The summed E-state index contributed by atoms with van der Waals surface area (Å²) in [5.41, 5.74) is 4.47. The van der Waals surface area contributed by atoms with E-state index in [1.165, 1.54) is 6.26 Å². The number of amides is 1. The van der Waals surface area contributed by atoms with E-state index in [1.807, 2.05) is 56.4 Å². The SMILES string of the molecule is COc1ccc(NC(=O)COC2=COC(Cc3ccccc3)O2)cc1-c1c(C)cnn1C. The quantitative estimate of drug-likeness (QED) is 0.580. The molecule has 1 unspecified atom stereocenters. The number of hydrogen-bond donors (Lipinski definition) is 1. The van der Waals surface area contributed by atoms with Crippen LogP contribution in [0.2, 0.25) is 0 Å². The Morgan fingerprint density at radius 1 is 1.22 bits per heavy atom. The first-order chi connectivity index (χ1) is 15.5. The number of nitrogens with one attached hydrogen (secondary N) is 1. The Labute approximate surface area is 186 Å². The van der Waals surface area contributed by atoms with Gasteiger partial charge in [-0.2, -0.15) is 5.10 Å². The van der Waals surface area contributed by atoms with Crippen LogP contribution in [0.15, 0.2) is 66.9 Å². The van der Waals surface area contributed by atoms with Crippen LogP contribution >= 0.6 is 0 Å². The molecule has 32 heavy (non-hydrogen) atoms. The maximum Gasteiger partial charge on any atom is 0.319 e. The zero-order valence-corrected chi connectivity index (χ0v) is 18.2. The van der Waals surface area contributed by atoms with E-state index in [1.54, 1.807) is 24.1 Å². The molecule has 1 N–H and O–H groups in total. The van der Waals surface area contributed by atoms with Gasteiger partial charge >= 0.3 is 5.95 Å². The largest absolute Gasteiger partial charge is 0.496 e. The van der Waals surface area contributed by atoms with Gasteiger partial charge in [0.2, 0.25) is 6.29 Å². The number of anilines is 1. The molecule has 1 aromatic heterocycles. The third kappa shape index (κ3) is 4.85. The van der Waals surface area contributed by atoms with Gasteiger partial charge in [-0.1, -0.05) is 30.3 Å². The summed E-state index contributed by atoms with van der Waals surface area (Å²) >= 11 is 0. The summed E-state index contributed by atoms with van der Waals surface area (Å²) < 4.78 is 23.8. The highest BCUT2D eigenvalue weighted by Crippen LogP contribution is 2.34. The molecule has 0 saturated carbocycles. The Kier molecular flexibility index (Phi) is 6.30. The first-order valence-corrected chi connectivity index (χ1v) is 10.2. The van der Waals surface area contributed by atoms with Crippen LogP contribution in [-0.4, -0.2) is 35.7 Å². The molecule has 0 saturated heterocycles. The summed E-state index contributed by atoms with van der Waals surface area (Å²) in [6.07, 6.45) is 3.29. The number of carbonyl (C=O) groups is 1. The van der Waals surface area contributed by atoms with Crippen LogP contribution in [-0.2, 0) is 32.5 Å². The molecular weight excluding hydrogens is 410 g/mol. The van der Waals surface area contributed by atoms with Crippen LogP contribution in [0.1, 0.15) is 11.1 Å². The summed E-state index contributed by atoms with van der Waals surface area (Å²) in [4.78, 5) is 12.4. The fourth-order valence-electron chi connectivity index (χ4n) is 3.52.